The summed E-state index contributed by atoms with van der Waals surface area (Å²) in [6, 6.07) is 1.68. The third kappa shape index (κ3) is 3.79. The van der Waals surface area contributed by atoms with E-state index in [1.807, 2.05) is 27.7 Å². The predicted molar refractivity (Wildman–Crippen MR) is 75.3 cm³/mol. The molecular weight excluding hydrogens is 240 g/mol. The molecule has 0 spiro atoms. The van der Waals surface area contributed by atoms with Gasteiger partial charge in [-0.15, -0.1) is 0 Å². The number of carbonyl (C=O) groups is 2. The molecule has 0 aromatic rings. The fourth-order valence-corrected chi connectivity index (χ4v) is 2.21. The van der Waals surface area contributed by atoms with Gasteiger partial charge in [0, 0.05) is 13.5 Å². The molecule has 0 N–H and O–H groups in total. The Bertz CT molecular complexity index is 365. The van der Waals surface area contributed by atoms with Crippen LogP contribution in [0.15, 0.2) is 0 Å². The summed E-state index contributed by atoms with van der Waals surface area (Å²) >= 11 is 0. The van der Waals surface area contributed by atoms with Crippen molar-refractivity contribution in [1.29, 1.82) is 5.26 Å². The number of carbonyl (C=O) groups excluding carboxylic acids is 2. The highest BCUT2D eigenvalue weighted by Gasteiger charge is 2.53. The number of ketones is 1. The van der Waals surface area contributed by atoms with Crippen LogP contribution >= 0.6 is 0 Å². The molecule has 1 fully saturated rings. The van der Waals surface area contributed by atoms with Crippen LogP contribution in [0.1, 0.15) is 53.9 Å². The van der Waals surface area contributed by atoms with Gasteiger partial charge in [0.2, 0.25) is 5.91 Å². The summed E-state index contributed by atoms with van der Waals surface area (Å²) in [5, 5.41) is 9.01. The molecule has 1 saturated carbocycles. The van der Waals surface area contributed by atoms with E-state index in [2.05, 4.69) is 6.07 Å². The molecule has 0 radical (unpaired) electrons. The van der Waals surface area contributed by atoms with Crippen molar-refractivity contribution in [3.63, 3.8) is 0 Å². The summed E-state index contributed by atoms with van der Waals surface area (Å²) in [5.41, 5.74) is -0.837. The number of likely N-dealkylation sites (N-methyl/N-ethyl adjacent to an activating group) is 1. The molecule has 1 aliphatic rings. The summed E-state index contributed by atoms with van der Waals surface area (Å²) in [4.78, 5) is 25.5. The van der Waals surface area contributed by atoms with Crippen molar-refractivity contribution >= 4 is 11.7 Å². The van der Waals surface area contributed by atoms with Crippen LogP contribution in [0.5, 0.6) is 0 Å². The average Bonchev–Trinajstić information content (AvgIpc) is 3.20. The fourth-order valence-electron chi connectivity index (χ4n) is 2.21. The molecule has 19 heavy (non-hydrogen) atoms. The Labute approximate surface area is 116 Å². The molecule has 108 valence electrons. The molecule has 4 heteroatoms. The smallest absolute Gasteiger partial charge is 0.243 e. The summed E-state index contributed by atoms with van der Waals surface area (Å²) in [6.07, 6.45) is 1.66. The van der Waals surface area contributed by atoms with E-state index in [1.54, 1.807) is 14.0 Å². The van der Waals surface area contributed by atoms with Crippen molar-refractivity contribution in [3.05, 3.63) is 0 Å². The second kappa shape index (κ2) is 7.28. The maximum Gasteiger partial charge on any atom is 0.243 e. The maximum absolute atomic E-state index is 12.2. The summed E-state index contributed by atoms with van der Waals surface area (Å²) in [5.74, 6) is -0.0593. The fraction of sp³-hybridized carbons (Fsp3) is 0.800. The summed E-state index contributed by atoms with van der Waals surface area (Å²) in [7, 11) is 1.64. The highest BCUT2D eigenvalue weighted by atomic mass is 16.2. The van der Waals surface area contributed by atoms with Crippen LogP contribution in [-0.2, 0) is 9.59 Å². The van der Waals surface area contributed by atoms with Crippen LogP contribution in [0.4, 0.5) is 0 Å². The number of hydrogen-bond donors (Lipinski definition) is 0. The van der Waals surface area contributed by atoms with Gasteiger partial charge in [-0.05, 0) is 18.8 Å². The summed E-state index contributed by atoms with van der Waals surface area (Å²) < 4.78 is 0. The zero-order valence-electron chi connectivity index (χ0n) is 13.0. The lowest BCUT2D eigenvalue weighted by Gasteiger charge is -2.31. The van der Waals surface area contributed by atoms with Gasteiger partial charge in [0.25, 0.3) is 0 Å². The second-order valence-electron chi connectivity index (χ2n) is 5.12. The van der Waals surface area contributed by atoms with E-state index in [4.69, 9.17) is 5.26 Å². The Morgan fingerprint density at radius 3 is 2.05 bits per heavy atom. The van der Waals surface area contributed by atoms with Gasteiger partial charge < -0.3 is 4.90 Å². The van der Waals surface area contributed by atoms with Crippen LogP contribution < -0.4 is 0 Å². The lowest BCUT2D eigenvalue weighted by Crippen LogP contribution is -2.48. The average molecular weight is 266 g/mol. The van der Waals surface area contributed by atoms with E-state index in [0.717, 1.165) is 0 Å². The molecule has 0 saturated heterocycles. The van der Waals surface area contributed by atoms with Gasteiger partial charge in [0.15, 0.2) is 5.78 Å². The second-order valence-corrected chi connectivity index (χ2v) is 5.12. The van der Waals surface area contributed by atoms with Gasteiger partial charge in [-0.2, -0.15) is 5.26 Å². The Morgan fingerprint density at radius 1 is 1.32 bits per heavy atom. The zero-order chi connectivity index (χ0) is 15.2. The molecule has 0 bridgehead atoms. The van der Waals surface area contributed by atoms with Crippen molar-refractivity contribution in [1.82, 2.24) is 4.90 Å². The predicted octanol–water partition coefficient (Wildman–Crippen LogP) is 2.78. The lowest BCUT2D eigenvalue weighted by atomic mass is 9.95. The van der Waals surface area contributed by atoms with Gasteiger partial charge in [-0.3, -0.25) is 9.59 Å². The van der Waals surface area contributed by atoms with Crippen molar-refractivity contribution in [3.8, 4) is 6.07 Å². The zero-order valence-corrected chi connectivity index (χ0v) is 13.0. The first-order valence-electron chi connectivity index (χ1n) is 7.11. The third-order valence-corrected chi connectivity index (χ3v) is 3.42. The van der Waals surface area contributed by atoms with Gasteiger partial charge in [-0.1, -0.05) is 34.6 Å². The molecular formula is C15H26N2O2. The van der Waals surface area contributed by atoms with Gasteiger partial charge in [0.1, 0.15) is 5.41 Å². The van der Waals surface area contributed by atoms with Gasteiger partial charge in [-0.25, -0.2) is 0 Å². The molecule has 0 aromatic heterocycles. The van der Waals surface area contributed by atoms with E-state index >= 15 is 0 Å². The van der Waals surface area contributed by atoms with E-state index in [0.29, 0.717) is 19.3 Å². The summed E-state index contributed by atoms with van der Waals surface area (Å²) in [6.45, 7) is 9.65. The highest BCUT2D eigenvalue weighted by Crippen LogP contribution is 2.46. The SMILES string of the molecule is CC.CCC(=O)C(C(C)C)N(C)C(=O)C1(C#N)CC1. The molecule has 1 amide bonds. The normalized spacial score (nSPS) is 16.7. The van der Waals surface area contributed by atoms with E-state index in [1.165, 1.54) is 4.90 Å². The van der Waals surface area contributed by atoms with Crippen LogP contribution in [0, 0.1) is 22.7 Å². The standard InChI is InChI=1S/C13H20N2O2.C2H6/c1-5-10(16)11(9(2)3)15(4)12(17)13(8-14)6-7-13;1-2/h9,11H,5-7H2,1-4H3;1-2H3. The van der Waals surface area contributed by atoms with Crippen LogP contribution in [-0.4, -0.2) is 29.7 Å². The largest absolute Gasteiger partial charge is 0.334 e. The minimum absolute atomic E-state index is 0.0598. The Balaban J connectivity index is 0.00000154. The Hall–Kier alpha value is -1.37. The molecule has 0 heterocycles. The van der Waals surface area contributed by atoms with E-state index < -0.39 is 11.5 Å². The minimum atomic E-state index is -0.837. The Kier molecular flexibility index (Phi) is 6.75. The third-order valence-electron chi connectivity index (χ3n) is 3.42. The molecule has 1 unspecified atom stereocenters. The van der Waals surface area contributed by atoms with Crippen LogP contribution in [0.3, 0.4) is 0 Å². The maximum atomic E-state index is 12.2. The lowest BCUT2D eigenvalue weighted by molar-refractivity contribution is -0.142. The molecule has 1 atom stereocenters. The van der Waals surface area contributed by atoms with Crippen molar-refractivity contribution in [2.75, 3.05) is 7.05 Å². The van der Waals surface area contributed by atoms with Gasteiger partial charge in [0.05, 0.1) is 12.1 Å². The number of rotatable bonds is 5. The number of hydrogen-bond acceptors (Lipinski definition) is 3. The number of Topliss-reactive ketones (excluding diaryl/α,β-unsaturated/α-hetero) is 1. The van der Waals surface area contributed by atoms with Gasteiger partial charge >= 0.3 is 0 Å². The number of nitrogens with zero attached hydrogens (tertiary/aromatic N) is 2. The first-order chi connectivity index (χ1) is 8.89. The molecule has 0 aliphatic heterocycles. The topological polar surface area (TPSA) is 61.2 Å². The number of amides is 1. The minimum Gasteiger partial charge on any atom is -0.334 e. The van der Waals surface area contributed by atoms with Crippen LogP contribution in [0.2, 0.25) is 0 Å². The van der Waals surface area contributed by atoms with Crippen LogP contribution in [0.25, 0.3) is 0 Å². The van der Waals surface area contributed by atoms with Crippen molar-refractivity contribution in [2.45, 2.75) is 59.9 Å². The highest BCUT2D eigenvalue weighted by molar-refractivity contribution is 5.93. The molecule has 4 nitrogen and oxygen atoms in total. The molecule has 1 aliphatic carbocycles. The van der Waals surface area contributed by atoms with Crippen molar-refractivity contribution in [2.24, 2.45) is 11.3 Å². The number of nitriles is 1. The molecule has 0 aromatic carbocycles. The van der Waals surface area contributed by atoms with Crippen molar-refractivity contribution < 1.29 is 9.59 Å². The molecule has 1 rings (SSSR count). The quantitative estimate of drug-likeness (QED) is 0.768. The first kappa shape index (κ1) is 17.6. The van der Waals surface area contributed by atoms with E-state index in [-0.39, 0.29) is 17.6 Å². The first-order valence-corrected chi connectivity index (χ1v) is 7.11. The monoisotopic (exact) mass is 266 g/mol. The Morgan fingerprint density at radius 2 is 1.79 bits per heavy atom. The van der Waals surface area contributed by atoms with E-state index in [9.17, 15) is 9.59 Å².